The molecule has 108 valence electrons. The summed E-state index contributed by atoms with van der Waals surface area (Å²) < 4.78 is 6.70. The molecule has 0 radical (unpaired) electrons. The summed E-state index contributed by atoms with van der Waals surface area (Å²) in [6, 6.07) is 1.85. The maximum atomic E-state index is 12.4. The van der Waals surface area contributed by atoms with Crippen LogP contribution in [0.15, 0.2) is 6.07 Å². The molecule has 1 aromatic rings. The fraction of sp³-hybridized carbons (Fsp3) is 0.692. The second-order valence-electron chi connectivity index (χ2n) is 4.43. The van der Waals surface area contributed by atoms with E-state index in [4.69, 9.17) is 16.3 Å². The fourth-order valence-electron chi connectivity index (χ4n) is 1.87. The van der Waals surface area contributed by atoms with Crippen molar-refractivity contribution in [2.45, 2.75) is 32.2 Å². The number of alkyl halides is 1. The van der Waals surface area contributed by atoms with E-state index < -0.39 is 0 Å². The maximum absolute atomic E-state index is 12.4. The van der Waals surface area contributed by atoms with Gasteiger partial charge in [0.15, 0.2) is 0 Å². The van der Waals surface area contributed by atoms with Gasteiger partial charge >= 0.3 is 0 Å². The van der Waals surface area contributed by atoms with Crippen LogP contribution in [0.4, 0.5) is 0 Å². The molecule has 0 fully saturated rings. The number of hydrogen-bond donors (Lipinski definition) is 0. The van der Waals surface area contributed by atoms with Crippen molar-refractivity contribution in [2.75, 3.05) is 27.3 Å². The minimum absolute atomic E-state index is 0.0594. The molecule has 0 spiro atoms. The van der Waals surface area contributed by atoms with Crippen molar-refractivity contribution in [3.63, 3.8) is 0 Å². The van der Waals surface area contributed by atoms with Crippen molar-refractivity contribution < 1.29 is 9.53 Å². The first kappa shape index (κ1) is 16.0. The number of halogens is 1. The average molecular weight is 288 g/mol. The molecule has 5 nitrogen and oxygen atoms in total. The Hall–Kier alpha value is -1.07. The van der Waals surface area contributed by atoms with E-state index in [9.17, 15) is 4.79 Å². The fourth-order valence-corrected chi connectivity index (χ4v) is 2.20. The smallest absolute Gasteiger partial charge is 0.271 e. The molecule has 0 saturated heterocycles. The molecule has 1 heterocycles. The zero-order chi connectivity index (χ0) is 14.4. The van der Waals surface area contributed by atoms with Crippen molar-refractivity contribution in [3.8, 4) is 0 Å². The largest absolute Gasteiger partial charge is 0.383 e. The number of methoxy groups -OCH3 is 1. The Balaban J connectivity index is 2.78. The van der Waals surface area contributed by atoms with Crippen molar-refractivity contribution >= 4 is 17.5 Å². The first-order valence-electron chi connectivity index (χ1n) is 6.48. The molecule has 0 aliphatic heterocycles. The number of rotatable bonds is 7. The number of carbonyl (C=O) groups excluding carboxylic acids is 1. The quantitative estimate of drug-likeness (QED) is 0.719. The predicted octanol–water partition coefficient (Wildman–Crippen LogP) is 1.79. The Morgan fingerprint density at radius 2 is 2.26 bits per heavy atom. The number of hydrogen-bond acceptors (Lipinski definition) is 3. The second-order valence-corrected chi connectivity index (χ2v) is 5.05. The van der Waals surface area contributed by atoms with Crippen LogP contribution in [0, 0.1) is 0 Å². The van der Waals surface area contributed by atoms with Crippen LogP contribution in [-0.2, 0) is 17.7 Å². The van der Waals surface area contributed by atoms with E-state index in [1.807, 2.05) is 19.9 Å². The zero-order valence-corrected chi connectivity index (χ0v) is 12.8. The third-order valence-corrected chi connectivity index (χ3v) is 3.14. The minimum atomic E-state index is -0.206. The van der Waals surface area contributed by atoms with E-state index >= 15 is 0 Å². The summed E-state index contributed by atoms with van der Waals surface area (Å²) in [4.78, 5) is 14.0. The highest BCUT2D eigenvalue weighted by Crippen LogP contribution is 2.10. The van der Waals surface area contributed by atoms with Gasteiger partial charge in [-0.1, -0.05) is 6.92 Å². The third kappa shape index (κ3) is 4.21. The summed E-state index contributed by atoms with van der Waals surface area (Å²) in [5.41, 5.74) is 1.54. The number of carbonyl (C=O) groups is 1. The summed E-state index contributed by atoms with van der Waals surface area (Å²) in [5.74, 6) is -0.0594. The summed E-state index contributed by atoms with van der Waals surface area (Å²) in [6.45, 7) is 5.54. The average Bonchev–Trinajstić information content (AvgIpc) is 2.81. The van der Waals surface area contributed by atoms with Crippen LogP contribution in [0.25, 0.3) is 0 Å². The van der Waals surface area contributed by atoms with Crippen molar-refractivity contribution in [3.05, 3.63) is 17.5 Å². The van der Waals surface area contributed by atoms with Gasteiger partial charge in [0.05, 0.1) is 17.7 Å². The second kappa shape index (κ2) is 7.50. The Kier molecular flexibility index (Phi) is 6.31. The highest BCUT2D eigenvalue weighted by molar-refractivity contribution is 6.21. The van der Waals surface area contributed by atoms with Gasteiger partial charge in [-0.05, 0) is 19.4 Å². The van der Waals surface area contributed by atoms with Crippen LogP contribution in [0.2, 0.25) is 0 Å². The van der Waals surface area contributed by atoms with Gasteiger partial charge in [0.1, 0.15) is 5.69 Å². The highest BCUT2D eigenvalue weighted by Gasteiger charge is 2.20. The molecule has 0 aliphatic carbocycles. The first-order valence-corrected chi connectivity index (χ1v) is 6.92. The highest BCUT2D eigenvalue weighted by atomic mass is 35.5. The lowest BCUT2D eigenvalue weighted by Gasteiger charge is -2.20. The molecular weight excluding hydrogens is 266 g/mol. The van der Waals surface area contributed by atoms with E-state index in [0.717, 1.165) is 12.1 Å². The Morgan fingerprint density at radius 1 is 1.58 bits per heavy atom. The SMILES string of the molecule is CCc1cc(C(=O)N(C)CC(Cl)COC)n(CC)n1. The third-order valence-electron chi connectivity index (χ3n) is 2.88. The molecular formula is C13H22ClN3O2. The number of ether oxygens (including phenoxy) is 1. The Bertz CT molecular complexity index is 420. The summed E-state index contributed by atoms with van der Waals surface area (Å²) in [5, 5.41) is 4.17. The zero-order valence-electron chi connectivity index (χ0n) is 12.0. The molecule has 0 bridgehead atoms. The van der Waals surface area contributed by atoms with Gasteiger partial charge in [-0.15, -0.1) is 11.6 Å². The van der Waals surface area contributed by atoms with Gasteiger partial charge < -0.3 is 9.64 Å². The molecule has 6 heteroatoms. The molecule has 0 N–H and O–H groups in total. The molecule has 1 atom stereocenters. The summed E-state index contributed by atoms with van der Waals surface area (Å²) >= 11 is 6.07. The molecule has 0 aromatic carbocycles. The van der Waals surface area contributed by atoms with E-state index in [1.165, 1.54) is 0 Å². The minimum Gasteiger partial charge on any atom is -0.383 e. The topological polar surface area (TPSA) is 47.4 Å². The van der Waals surface area contributed by atoms with Gasteiger partial charge in [0, 0.05) is 27.2 Å². The van der Waals surface area contributed by atoms with E-state index in [2.05, 4.69) is 5.10 Å². The summed E-state index contributed by atoms with van der Waals surface area (Å²) in [7, 11) is 3.34. The van der Waals surface area contributed by atoms with Crippen LogP contribution in [0.5, 0.6) is 0 Å². The predicted molar refractivity (Wildman–Crippen MR) is 75.8 cm³/mol. The van der Waals surface area contributed by atoms with E-state index in [0.29, 0.717) is 25.4 Å². The summed E-state index contributed by atoms with van der Waals surface area (Å²) in [6.07, 6.45) is 0.818. The molecule has 0 saturated carbocycles. The van der Waals surface area contributed by atoms with Gasteiger partial charge in [-0.25, -0.2) is 0 Å². The number of aromatic nitrogens is 2. The van der Waals surface area contributed by atoms with Gasteiger partial charge in [0.2, 0.25) is 0 Å². The van der Waals surface area contributed by atoms with Crippen molar-refractivity contribution in [1.29, 1.82) is 0 Å². The van der Waals surface area contributed by atoms with E-state index in [-0.39, 0.29) is 11.3 Å². The number of aryl methyl sites for hydroxylation is 2. The lowest BCUT2D eigenvalue weighted by atomic mass is 10.2. The van der Waals surface area contributed by atoms with Gasteiger partial charge in [0.25, 0.3) is 5.91 Å². The van der Waals surface area contributed by atoms with Gasteiger partial charge in [-0.2, -0.15) is 5.10 Å². The van der Waals surface area contributed by atoms with Crippen LogP contribution < -0.4 is 0 Å². The van der Waals surface area contributed by atoms with Gasteiger partial charge in [-0.3, -0.25) is 9.48 Å². The Labute approximate surface area is 119 Å². The van der Waals surface area contributed by atoms with Crippen molar-refractivity contribution in [2.24, 2.45) is 0 Å². The Morgan fingerprint density at radius 3 is 2.79 bits per heavy atom. The van der Waals surface area contributed by atoms with Crippen LogP contribution in [0.3, 0.4) is 0 Å². The monoisotopic (exact) mass is 287 g/mol. The molecule has 1 rings (SSSR count). The maximum Gasteiger partial charge on any atom is 0.271 e. The lowest BCUT2D eigenvalue weighted by molar-refractivity contribution is 0.0769. The molecule has 19 heavy (non-hydrogen) atoms. The normalized spacial score (nSPS) is 12.5. The van der Waals surface area contributed by atoms with Crippen LogP contribution in [0.1, 0.15) is 30.0 Å². The van der Waals surface area contributed by atoms with Crippen LogP contribution >= 0.6 is 11.6 Å². The first-order chi connectivity index (χ1) is 9.03. The van der Waals surface area contributed by atoms with Crippen LogP contribution in [-0.4, -0.2) is 53.3 Å². The molecule has 0 aliphatic rings. The number of nitrogens with zero attached hydrogens (tertiary/aromatic N) is 3. The molecule has 1 unspecified atom stereocenters. The standard InChI is InChI=1S/C13H22ClN3O2/c1-5-11-7-12(17(6-2)15-11)13(18)16(3)8-10(14)9-19-4/h7,10H,5-6,8-9H2,1-4H3. The molecule has 1 aromatic heterocycles. The van der Waals surface area contributed by atoms with E-state index in [1.54, 1.807) is 23.7 Å². The molecule has 1 amide bonds. The van der Waals surface area contributed by atoms with Crippen molar-refractivity contribution in [1.82, 2.24) is 14.7 Å². The number of amides is 1. The lowest BCUT2D eigenvalue weighted by Crippen LogP contribution is -2.35.